The van der Waals surface area contributed by atoms with Crippen LogP contribution in [-0.4, -0.2) is 16.1 Å². The number of aryl methyl sites for hydroxylation is 1. The van der Waals surface area contributed by atoms with E-state index in [1.54, 1.807) is 24.5 Å². The fourth-order valence-corrected chi connectivity index (χ4v) is 1.62. The molecule has 0 amide bonds. The van der Waals surface area contributed by atoms with Crippen molar-refractivity contribution in [1.82, 2.24) is 4.98 Å². The third kappa shape index (κ3) is 4.16. The van der Waals surface area contributed by atoms with Crippen LogP contribution >= 0.6 is 0 Å². The van der Waals surface area contributed by atoms with Crippen molar-refractivity contribution in [2.24, 2.45) is 5.10 Å². The summed E-state index contributed by atoms with van der Waals surface area (Å²) in [5.41, 5.74) is 4.77. The third-order valence-corrected chi connectivity index (χ3v) is 2.65. The minimum Gasteiger partial charge on any atom is -0.279 e. The van der Waals surface area contributed by atoms with E-state index in [1.807, 2.05) is 18.3 Å². The number of nitro benzene ring substituents is 1. The van der Waals surface area contributed by atoms with Crippen LogP contribution in [-0.2, 0) is 6.42 Å². The monoisotopic (exact) mass is 270 g/mol. The Balaban J connectivity index is 1.77. The van der Waals surface area contributed by atoms with Crippen molar-refractivity contribution in [2.45, 2.75) is 12.8 Å². The van der Waals surface area contributed by atoms with E-state index in [2.05, 4.69) is 15.5 Å². The van der Waals surface area contributed by atoms with Gasteiger partial charge in [-0.3, -0.25) is 20.5 Å². The van der Waals surface area contributed by atoms with E-state index < -0.39 is 4.92 Å². The number of aromatic nitrogens is 1. The van der Waals surface area contributed by atoms with Gasteiger partial charge in [-0.05, 0) is 36.6 Å². The Kier molecular flexibility index (Phi) is 4.77. The highest BCUT2D eigenvalue weighted by atomic mass is 16.6. The normalized spacial score (nSPS) is 10.6. The molecule has 0 fully saturated rings. The Morgan fingerprint density at radius 3 is 2.75 bits per heavy atom. The van der Waals surface area contributed by atoms with Crippen LogP contribution in [0.25, 0.3) is 0 Å². The Labute approximate surface area is 116 Å². The summed E-state index contributed by atoms with van der Waals surface area (Å²) in [4.78, 5) is 14.1. The number of hydrogen-bond acceptors (Lipinski definition) is 5. The average Bonchev–Trinajstić information content (AvgIpc) is 2.48. The summed E-state index contributed by atoms with van der Waals surface area (Å²) in [6.45, 7) is 0. The molecule has 0 aliphatic heterocycles. The Bertz CT molecular complexity index is 582. The number of nitro groups is 1. The summed E-state index contributed by atoms with van der Waals surface area (Å²) in [5, 5.41) is 14.6. The van der Waals surface area contributed by atoms with Crippen LogP contribution in [0, 0.1) is 10.1 Å². The van der Waals surface area contributed by atoms with Crippen LogP contribution in [0.5, 0.6) is 0 Å². The highest BCUT2D eigenvalue weighted by Crippen LogP contribution is 2.15. The van der Waals surface area contributed by atoms with E-state index in [0.29, 0.717) is 5.69 Å². The number of rotatable bonds is 6. The van der Waals surface area contributed by atoms with Crippen LogP contribution < -0.4 is 5.43 Å². The Morgan fingerprint density at radius 2 is 2.10 bits per heavy atom. The minimum atomic E-state index is -0.430. The first kappa shape index (κ1) is 13.7. The first-order valence-corrected chi connectivity index (χ1v) is 6.16. The molecular weight excluding hydrogens is 256 g/mol. The fraction of sp³-hybridized carbons (Fsp3) is 0.143. The summed E-state index contributed by atoms with van der Waals surface area (Å²) in [6.07, 6.45) is 7.02. The number of non-ortho nitro benzene ring substituents is 1. The minimum absolute atomic E-state index is 0.0658. The largest absolute Gasteiger partial charge is 0.279 e. The molecule has 0 atom stereocenters. The number of nitrogens with zero attached hydrogens (tertiary/aromatic N) is 3. The molecule has 6 nitrogen and oxygen atoms in total. The Hall–Kier alpha value is -2.76. The molecule has 1 heterocycles. The summed E-state index contributed by atoms with van der Waals surface area (Å²) in [7, 11) is 0. The van der Waals surface area contributed by atoms with E-state index in [4.69, 9.17) is 0 Å². The van der Waals surface area contributed by atoms with Gasteiger partial charge in [0.25, 0.3) is 5.69 Å². The van der Waals surface area contributed by atoms with E-state index in [0.717, 1.165) is 18.4 Å². The second kappa shape index (κ2) is 6.98. The third-order valence-electron chi connectivity index (χ3n) is 2.65. The molecule has 1 aromatic heterocycles. The van der Waals surface area contributed by atoms with Gasteiger partial charge >= 0.3 is 0 Å². The molecule has 1 N–H and O–H groups in total. The van der Waals surface area contributed by atoms with E-state index in [-0.39, 0.29) is 5.69 Å². The topological polar surface area (TPSA) is 80.4 Å². The summed E-state index contributed by atoms with van der Waals surface area (Å²) in [5.74, 6) is 0. The van der Waals surface area contributed by atoms with E-state index in [1.165, 1.54) is 12.1 Å². The standard InChI is InChI=1S/C14H14N4O2/c19-18(20)14-7-5-13(6-8-14)17-16-10-2-4-12-3-1-9-15-11-12/h1,3,5-11,17H,2,4H2. The highest BCUT2D eigenvalue weighted by Gasteiger charge is 2.02. The van der Waals surface area contributed by atoms with Crippen molar-refractivity contribution < 1.29 is 4.92 Å². The van der Waals surface area contributed by atoms with Gasteiger partial charge in [-0.25, -0.2) is 0 Å². The van der Waals surface area contributed by atoms with Gasteiger partial charge in [0.2, 0.25) is 0 Å². The molecule has 0 radical (unpaired) electrons. The van der Waals surface area contributed by atoms with Gasteiger partial charge in [-0.15, -0.1) is 0 Å². The molecule has 6 heteroatoms. The molecule has 0 spiro atoms. The maximum absolute atomic E-state index is 10.5. The number of hydrazone groups is 1. The molecule has 20 heavy (non-hydrogen) atoms. The van der Waals surface area contributed by atoms with Crippen LogP contribution in [0.2, 0.25) is 0 Å². The second-order valence-electron chi connectivity index (χ2n) is 4.13. The van der Waals surface area contributed by atoms with Crippen molar-refractivity contribution in [3.8, 4) is 0 Å². The number of pyridine rings is 1. The van der Waals surface area contributed by atoms with Gasteiger partial charge in [0.05, 0.1) is 10.6 Å². The zero-order valence-electron chi connectivity index (χ0n) is 10.8. The zero-order chi connectivity index (χ0) is 14.2. The smallest absolute Gasteiger partial charge is 0.269 e. The molecule has 1 aromatic carbocycles. The van der Waals surface area contributed by atoms with Gasteiger partial charge in [-0.2, -0.15) is 5.10 Å². The van der Waals surface area contributed by atoms with E-state index >= 15 is 0 Å². The predicted molar refractivity (Wildman–Crippen MR) is 77.8 cm³/mol. The van der Waals surface area contributed by atoms with Gasteiger partial charge in [-0.1, -0.05) is 6.07 Å². The number of benzene rings is 1. The molecule has 102 valence electrons. The lowest BCUT2D eigenvalue weighted by Gasteiger charge is -1.99. The molecule has 0 saturated heterocycles. The lowest BCUT2D eigenvalue weighted by molar-refractivity contribution is -0.384. The van der Waals surface area contributed by atoms with E-state index in [9.17, 15) is 10.1 Å². The second-order valence-corrected chi connectivity index (χ2v) is 4.13. The molecule has 0 bridgehead atoms. The van der Waals surface area contributed by atoms with Crippen molar-refractivity contribution in [2.75, 3.05) is 5.43 Å². The molecule has 0 aliphatic rings. The molecule has 0 aliphatic carbocycles. The van der Waals surface area contributed by atoms with Crippen molar-refractivity contribution in [3.05, 3.63) is 64.5 Å². The Morgan fingerprint density at radius 1 is 1.30 bits per heavy atom. The SMILES string of the molecule is O=[N+]([O-])c1ccc(NN=CCCc2cccnc2)cc1. The van der Waals surface area contributed by atoms with Crippen LogP contribution in [0.15, 0.2) is 53.9 Å². The molecule has 0 saturated carbocycles. The van der Waals surface area contributed by atoms with Crippen molar-refractivity contribution >= 4 is 17.6 Å². The van der Waals surface area contributed by atoms with Crippen LogP contribution in [0.4, 0.5) is 11.4 Å². The molecule has 2 aromatic rings. The quantitative estimate of drug-likeness (QED) is 0.497. The van der Waals surface area contributed by atoms with Gasteiger partial charge in [0, 0.05) is 30.7 Å². The summed E-state index contributed by atoms with van der Waals surface area (Å²) in [6, 6.07) is 10.0. The van der Waals surface area contributed by atoms with Gasteiger partial charge < -0.3 is 0 Å². The fourth-order valence-electron chi connectivity index (χ4n) is 1.62. The predicted octanol–water partition coefficient (Wildman–Crippen LogP) is 3.02. The first-order valence-electron chi connectivity index (χ1n) is 6.16. The lowest BCUT2D eigenvalue weighted by atomic mass is 10.2. The molecule has 2 rings (SSSR count). The van der Waals surface area contributed by atoms with Gasteiger partial charge in [0.15, 0.2) is 0 Å². The van der Waals surface area contributed by atoms with Gasteiger partial charge in [0.1, 0.15) is 0 Å². The number of hydrogen-bond donors (Lipinski definition) is 1. The van der Waals surface area contributed by atoms with Crippen molar-refractivity contribution in [3.63, 3.8) is 0 Å². The maximum Gasteiger partial charge on any atom is 0.269 e. The lowest BCUT2D eigenvalue weighted by Crippen LogP contribution is -1.92. The highest BCUT2D eigenvalue weighted by molar-refractivity contribution is 5.60. The maximum atomic E-state index is 10.5. The zero-order valence-corrected chi connectivity index (χ0v) is 10.8. The first-order chi connectivity index (χ1) is 9.75. The van der Waals surface area contributed by atoms with Crippen LogP contribution in [0.3, 0.4) is 0 Å². The summed E-state index contributed by atoms with van der Waals surface area (Å²) >= 11 is 0. The van der Waals surface area contributed by atoms with Crippen LogP contribution in [0.1, 0.15) is 12.0 Å². The van der Waals surface area contributed by atoms with Crippen molar-refractivity contribution in [1.29, 1.82) is 0 Å². The summed E-state index contributed by atoms with van der Waals surface area (Å²) < 4.78 is 0. The molecule has 0 unspecified atom stereocenters. The number of nitrogens with one attached hydrogen (secondary N) is 1. The molecular formula is C14H14N4O2. The average molecular weight is 270 g/mol. The number of anilines is 1.